The van der Waals surface area contributed by atoms with E-state index in [0.29, 0.717) is 6.04 Å². The van der Waals surface area contributed by atoms with Gasteiger partial charge in [0.15, 0.2) is 0 Å². The number of hydrogen-bond acceptors (Lipinski definition) is 3. The summed E-state index contributed by atoms with van der Waals surface area (Å²) in [6.45, 7) is 3.22. The minimum atomic E-state index is 0.656. The zero-order valence-electron chi connectivity index (χ0n) is 10.5. The van der Waals surface area contributed by atoms with Crippen molar-refractivity contribution in [3.63, 3.8) is 0 Å². The van der Waals surface area contributed by atoms with Crippen molar-refractivity contribution in [3.05, 3.63) is 42.2 Å². The van der Waals surface area contributed by atoms with Crippen molar-refractivity contribution in [2.45, 2.75) is 25.4 Å². The lowest BCUT2D eigenvalue weighted by molar-refractivity contribution is 0.387. The highest BCUT2D eigenvalue weighted by Crippen LogP contribution is 2.17. The third kappa shape index (κ3) is 2.52. The zero-order chi connectivity index (χ0) is 12.2. The molecule has 0 amide bonds. The molecular formula is C15H19N3. The van der Waals surface area contributed by atoms with Crippen molar-refractivity contribution >= 4 is 10.8 Å². The number of pyridine rings is 1. The molecule has 1 aromatic heterocycles. The van der Waals surface area contributed by atoms with Crippen molar-refractivity contribution in [2.75, 3.05) is 13.1 Å². The molecule has 0 bridgehead atoms. The standard InChI is InChI=1S/C15H19N3/c1-2-12-10-17-9-6-15(12)13(3-1)11-18-14-4-7-16-8-5-14/h1-3,6,9-10,14,16,18H,4-5,7-8,11H2. The summed E-state index contributed by atoms with van der Waals surface area (Å²) in [5.74, 6) is 0. The largest absolute Gasteiger partial charge is 0.317 e. The molecule has 1 aromatic carbocycles. The summed E-state index contributed by atoms with van der Waals surface area (Å²) in [6.07, 6.45) is 6.26. The second-order valence-corrected chi connectivity index (χ2v) is 4.92. The van der Waals surface area contributed by atoms with Crippen molar-refractivity contribution in [1.82, 2.24) is 15.6 Å². The molecule has 1 saturated heterocycles. The molecule has 1 fully saturated rings. The zero-order valence-corrected chi connectivity index (χ0v) is 10.5. The van der Waals surface area contributed by atoms with E-state index in [1.807, 2.05) is 12.4 Å². The average molecular weight is 241 g/mol. The van der Waals surface area contributed by atoms with Gasteiger partial charge in [-0.05, 0) is 42.9 Å². The monoisotopic (exact) mass is 241 g/mol. The maximum atomic E-state index is 4.18. The first kappa shape index (κ1) is 11.6. The number of fused-ring (bicyclic) bond motifs is 1. The molecule has 18 heavy (non-hydrogen) atoms. The maximum Gasteiger partial charge on any atom is 0.0346 e. The molecule has 2 N–H and O–H groups in total. The number of aromatic nitrogens is 1. The highest BCUT2D eigenvalue weighted by Gasteiger charge is 2.12. The summed E-state index contributed by atoms with van der Waals surface area (Å²) in [5, 5.41) is 9.60. The van der Waals surface area contributed by atoms with E-state index in [0.717, 1.165) is 19.6 Å². The van der Waals surface area contributed by atoms with Gasteiger partial charge in [-0.3, -0.25) is 4.98 Å². The van der Waals surface area contributed by atoms with Crippen LogP contribution in [-0.2, 0) is 6.54 Å². The minimum absolute atomic E-state index is 0.656. The van der Waals surface area contributed by atoms with Gasteiger partial charge in [0, 0.05) is 30.4 Å². The molecule has 0 spiro atoms. The molecule has 0 saturated carbocycles. The van der Waals surface area contributed by atoms with Gasteiger partial charge >= 0.3 is 0 Å². The molecule has 3 nitrogen and oxygen atoms in total. The fourth-order valence-electron chi connectivity index (χ4n) is 2.62. The van der Waals surface area contributed by atoms with Crippen LogP contribution in [0.1, 0.15) is 18.4 Å². The average Bonchev–Trinajstić information content (AvgIpc) is 2.46. The second kappa shape index (κ2) is 5.46. The number of benzene rings is 1. The van der Waals surface area contributed by atoms with Gasteiger partial charge in [-0.15, -0.1) is 0 Å². The first-order valence-electron chi connectivity index (χ1n) is 6.69. The number of rotatable bonds is 3. The highest BCUT2D eigenvalue weighted by atomic mass is 15.0. The van der Waals surface area contributed by atoms with E-state index in [1.165, 1.54) is 29.2 Å². The summed E-state index contributed by atoms with van der Waals surface area (Å²) in [4.78, 5) is 4.18. The Morgan fingerprint density at radius 1 is 1.22 bits per heavy atom. The Morgan fingerprint density at radius 3 is 3.00 bits per heavy atom. The van der Waals surface area contributed by atoms with Crippen LogP contribution in [0.2, 0.25) is 0 Å². The van der Waals surface area contributed by atoms with Gasteiger partial charge in [0.25, 0.3) is 0 Å². The topological polar surface area (TPSA) is 37.0 Å². The van der Waals surface area contributed by atoms with Crippen LogP contribution in [0.5, 0.6) is 0 Å². The molecule has 0 unspecified atom stereocenters. The maximum absolute atomic E-state index is 4.18. The molecule has 2 aromatic rings. The predicted molar refractivity (Wildman–Crippen MR) is 74.5 cm³/mol. The number of piperidine rings is 1. The lowest BCUT2D eigenvalue weighted by atomic mass is 10.0. The molecule has 94 valence electrons. The fourth-order valence-corrected chi connectivity index (χ4v) is 2.62. The number of hydrogen-bond donors (Lipinski definition) is 2. The Kier molecular flexibility index (Phi) is 3.53. The molecule has 0 aliphatic carbocycles. The third-order valence-electron chi connectivity index (χ3n) is 3.69. The Hall–Kier alpha value is -1.45. The van der Waals surface area contributed by atoms with Crippen molar-refractivity contribution < 1.29 is 0 Å². The van der Waals surface area contributed by atoms with Crippen LogP contribution in [0, 0.1) is 0 Å². The van der Waals surface area contributed by atoms with Gasteiger partial charge in [0.2, 0.25) is 0 Å². The smallest absolute Gasteiger partial charge is 0.0346 e. The molecule has 1 aliphatic rings. The first-order valence-corrected chi connectivity index (χ1v) is 6.69. The number of nitrogens with one attached hydrogen (secondary N) is 2. The third-order valence-corrected chi connectivity index (χ3v) is 3.69. The first-order chi connectivity index (χ1) is 8.93. The van der Waals surface area contributed by atoms with Crippen LogP contribution in [0.15, 0.2) is 36.7 Å². The quantitative estimate of drug-likeness (QED) is 0.864. The van der Waals surface area contributed by atoms with Crippen molar-refractivity contribution in [3.8, 4) is 0 Å². The van der Waals surface area contributed by atoms with Crippen LogP contribution in [0.3, 0.4) is 0 Å². The van der Waals surface area contributed by atoms with E-state index in [9.17, 15) is 0 Å². The predicted octanol–water partition coefficient (Wildman–Crippen LogP) is 2.08. The second-order valence-electron chi connectivity index (χ2n) is 4.92. The molecule has 1 aliphatic heterocycles. The van der Waals surface area contributed by atoms with Gasteiger partial charge in [-0.2, -0.15) is 0 Å². The fraction of sp³-hybridized carbons (Fsp3) is 0.400. The Balaban J connectivity index is 1.74. The normalized spacial score (nSPS) is 17.1. The molecular weight excluding hydrogens is 222 g/mol. The van der Waals surface area contributed by atoms with E-state index in [4.69, 9.17) is 0 Å². The summed E-state index contributed by atoms with van der Waals surface area (Å²) in [7, 11) is 0. The van der Waals surface area contributed by atoms with Gasteiger partial charge in [0.1, 0.15) is 0 Å². The van der Waals surface area contributed by atoms with E-state index in [-0.39, 0.29) is 0 Å². The summed E-state index contributed by atoms with van der Waals surface area (Å²) in [6, 6.07) is 9.20. The Labute approximate surface area is 108 Å². The van der Waals surface area contributed by atoms with Crippen LogP contribution < -0.4 is 10.6 Å². The molecule has 0 radical (unpaired) electrons. The van der Waals surface area contributed by atoms with Gasteiger partial charge in [-0.1, -0.05) is 18.2 Å². The van der Waals surface area contributed by atoms with E-state index < -0.39 is 0 Å². The molecule has 2 heterocycles. The summed E-state index contributed by atoms with van der Waals surface area (Å²) >= 11 is 0. The van der Waals surface area contributed by atoms with E-state index in [1.54, 1.807) is 0 Å². The van der Waals surface area contributed by atoms with Crippen LogP contribution in [0.4, 0.5) is 0 Å². The van der Waals surface area contributed by atoms with Gasteiger partial charge in [0.05, 0.1) is 0 Å². The lowest BCUT2D eigenvalue weighted by Gasteiger charge is -2.24. The lowest BCUT2D eigenvalue weighted by Crippen LogP contribution is -2.39. The highest BCUT2D eigenvalue weighted by molar-refractivity contribution is 5.84. The van der Waals surface area contributed by atoms with Gasteiger partial charge < -0.3 is 10.6 Å². The Bertz CT molecular complexity index is 513. The van der Waals surface area contributed by atoms with Crippen molar-refractivity contribution in [1.29, 1.82) is 0 Å². The summed E-state index contributed by atoms with van der Waals surface area (Å²) < 4.78 is 0. The Morgan fingerprint density at radius 2 is 2.11 bits per heavy atom. The van der Waals surface area contributed by atoms with Crippen molar-refractivity contribution in [2.24, 2.45) is 0 Å². The van der Waals surface area contributed by atoms with E-state index in [2.05, 4.69) is 39.9 Å². The molecule has 3 heteroatoms. The van der Waals surface area contributed by atoms with Crippen LogP contribution >= 0.6 is 0 Å². The van der Waals surface area contributed by atoms with Crippen LogP contribution in [-0.4, -0.2) is 24.1 Å². The molecule has 3 rings (SSSR count). The van der Waals surface area contributed by atoms with Gasteiger partial charge in [-0.25, -0.2) is 0 Å². The summed E-state index contributed by atoms with van der Waals surface area (Å²) in [5.41, 5.74) is 1.37. The SMILES string of the molecule is c1cc(CNC2CCNCC2)c2ccncc2c1. The number of nitrogens with zero attached hydrogens (tertiary/aromatic N) is 1. The van der Waals surface area contributed by atoms with E-state index >= 15 is 0 Å². The minimum Gasteiger partial charge on any atom is -0.317 e. The van der Waals surface area contributed by atoms with Crippen LogP contribution in [0.25, 0.3) is 10.8 Å². The molecule has 0 atom stereocenters.